The lowest BCUT2D eigenvalue weighted by Crippen LogP contribution is -2.52. The van der Waals surface area contributed by atoms with Crippen molar-refractivity contribution in [1.82, 2.24) is 25.0 Å². The van der Waals surface area contributed by atoms with Crippen LogP contribution in [0.15, 0.2) is 53.7 Å². The number of aromatic nitrogens is 1. The van der Waals surface area contributed by atoms with Gasteiger partial charge in [0.2, 0.25) is 0 Å². The number of nitrogens with zero attached hydrogens (tertiary/aromatic N) is 6. The fraction of sp³-hybridized carbons (Fsp3) is 0.520. The Morgan fingerprint density at radius 3 is 2.31 bits per heavy atom. The molecule has 2 aliphatic rings. The van der Waals surface area contributed by atoms with Gasteiger partial charge in [-0.15, -0.1) is 0 Å². The maximum absolute atomic E-state index is 4.92. The first-order valence-electron chi connectivity index (χ1n) is 11.9. The second-order valence-corrected chi connectivity index (χ2v) is 8.73. The zero-order valence-electron chi connectivity index (χ0n) is 19.6. The monoisotopic (exact) mass is 435 g/mol. The van der Waals surface area contributed by atoms with E-state index in [0.717, 1.165) is 82.8 Å². The van der Waals surface area contributed by atoms with Crippen LogP contribution in [0.1, 0.15) is 18.1 Å². The molecule has 2 saturated heterocycles. The number of guanidine groups is 1. The maximum atomic E-state index is 4.92. The number of hydrogen-bond donors (Lipinski definition) is 1. The van der Waals surface area contributed by atoms with Crippen LogP contribution in [-0.2, 0) is 13.1 Å². The van der Waals surface area contributed by atoms with E-state index in [0.29, 0.717) is 6.54 Å². The van der Waals surface area contributed by atoms with Crippen molar-refractivity contribution in [1.29, 1.82) is 0 Å². The number of benzene rings is 1. The van der Waals surface area contributed by atoms with Crippen LogP contribution in [0.5, 0.6) is 0 Å². The van der Waals surface area contributed by atoms with Crippen LogP contribution in [-0.4, -0.2) is 91.6 Å². The molecule has 32 heavy (non-hydrogen) atoms. The van der Waals surface area contributed by atoms with Gasteiger partial charge in [0.05, 0.1) is 6.54 Å². The average Bonchev–Trinajstić information content (AvgIpc) is 2.84. The summed E-state index contributed by atoms with van der Waals surface area (Å²) in [7, 11) is 2.18. The van der Waals surface area contributed by atoms with E-state index in [2.05, 4.69) is 81.4 Å². The Labute approximate surface area is 192 Å². The van der Waals surface area contributed by atoms with Crippen molar-refractivity contribution in [3.8, 4) is 0 Å². The molecule has 0 amide bonds. The van der Waals surface area contributed by atoms with Gasteiger partial charge in [-0.2, -0.15) is 0 Å². The molecule has 0 saturated carbocycles. The average molecular weight is 436 g/mol. The molecule has 0 bridgehead atoms. The van der Waals surface area contributed by atoms with E-state index in [-0.39, 0.29) is 0 Å². The summed E-state index contributed by atoms with van der Waals surface area (Å²) >= 11 is 0. The van der Waals surface area contributed by atoms with Gasteiger partial charge in [0.25, 0.3) is 0 Å². The van der Waals surface area contributed by atoms with Crippen LogP contribution in [0.4, 0.5) is 5.82 Å². The summed E-state index contributed by atoms with van der Waals surface area (Å²) in [6.07, 6.45) is 1.98. The fourth-order valence-corrected chi connectivity index (χ4v) is 4.28. The first kappa shape index (κ1) is 22.6. The number of aliphatic imine (C=N–C) groups is 1. The molecule has 0 spiro atoms. The number of hydrogen-bond acceptors (Lipinski definition) is 5. The van der Waals surface area contributed by atoms with Gasteiger partial charge in [-0.3, -0.25) is 4.90 Å². The van der Waals surface area contributed by atoms with Gasteiger partial charge in [-0.05, 0) is 31.2 Å². The number of nitrogens with one attached hydrogen (secondary N) is 1. The molecule has 2 aromatic rings. The lowest BCUT2D eigenvalue weighted by atomic mass is 10.2. The minimum atomic E-state index is 0.655. The molecule has 7 heteroatoms. The number of pyridine rings is 1. The summed E-state index contributed by atoms with van der Waals surface area (Å²) in [6, 6.07) is 15.1. The van der Waals surface area contributed by atoms with Crippen molar-refractivity contribution in [3.63, 3.8) is 0 Å². The van der Waals surface area contributed by atoms with Crippen LogP contribution in [0.2, 0.25) is 0 Å². The van der Waals surface area contributed by atoms with E-state index in [1.807, 2.05) is 6.20 Å². The van der Waals surface area contributed by atoms with Gasteiger partial charge in [0.15, 0.2) is 5.96 Å². The lowest BCUT2D eigenvalue weighted by molar-refractivity contribution is 0.172. The first-order chi connectivity index (χ1) is 15.7. The minimum Gasteiger partial charge on any atom is -0.357 e. The number of anilines is 1. The highest BCUT2D eigenvalue weighted by Gasteiger charge is 2.20. The molecule has 2 aliphatic heterocycles. The Hall–Kier alpha value is -2.64. The molecule has 1 N–H and O–H groups in total. The number of rotatable bonds is 6. The molecular weight excluding hydrogens is 398 g/mol. The second kappa shape index (κ2) is 11.3. The number of likely N-dealkylation sites (N-methyl/N-ethyl adjacent to an activating group) is 1. The fourth-order valence-electron chi connectivity index (χ4n) is 4.28. The largest absolute Gasteiger partial charge is 0.357 e. The SMILES string of the molecule is CCNC(=NCc1ccc(N2CCN(C)CC2)nc1)N1CCN(Cc2ccccc2)CC1. The second-order valence-electron chi connectivity index (χ2n) is 8.73. The zero-order valence-corrected chi connectivity index (χ0v) is 19.6. The lowest BCUT2D eigenvalue weighted by Gasteiger charge is -2.36. The van der Waals surface area contributed by atoms with Crippen LogP contribution in [0.25, 0.3) is 0 Å². The van der Waals surface area contributed by atoms with Gasteiger partial charge in [0.1, 0.15) is 5.82 Å². The Bertz CT molecular complexity index is 836. The smallest absolute Gasteiger partial charge is 0.194 e. The molecule has 0 radical (unpaired) electrons. The molecule has 3 heterocycles. The topological polar surface area (TPSA) is 50.2 Å². The van der Waals surface area contributed by atoms with Crippen LogP contribution in [0.3, 0.4) is 0 Å². The molecule has 1 aromatic carbocycles. The third-order valence-corrected chi connectivity index (χ3v) is 6.30. The summed E-state index contributed by atoms with van der Waals surface area (Å²) in [6.45, 7) is 13.1. The maximum Gasteiger partial charge on any atom is 0.194 e. The molecule has 1 aromatic heterocycles. The van der Waals surface area contributed by atoms with E-state index in [9.17, 15) is 0 Å². The van der Waals surface area contributed by atoms with Crippen molar-refractivity contribution in [2.45, 2.75) is 20.0 Å². The van der Waals surface area contributed by atoms with Gasteiger partial charge >= 0.3 is 0 Å². The molecule has 7 nitrogen and oxygen atoms in total. The van der Waals surface area contributed by atoms with Gasteiger partial charge < -0.3 is 20.0 Å². The van der Waals surface area contributed by atoms with Gasteiger partial charge in [0, 0.05) is 71.6 Å². The Morgan fingerprint density at radius 1 is 0.906 bits per heavy atom. The van der Waals surface area contributed by atoms with Crippen molar-refractivity contribution in [2.24, 2.45) is 4.99 Å². The summed E-state index contributed by atoms with van der Waals surface area (Å²) in [5.74, 6) is 2.09. The highest BCUT2D eigenvalue weighted by atomic mass is 15.3. The summed E-state index contributed by atoms with van der Waals surface area (Å²) in [4.78, 5) is 19.3. The molecule has 0 aliphatic carbocycles. The van der Waals surface area contributed by atoms with Gasteiger partial charge in [-0.25, -0.2) is 9.98 Å². The Morgan fingerprint density at radius 2 is 1.66 bits per heavy atom. The summed E-state index contributed by atoms with van der Waals surface area (Å²) in [5, 5.41) is 3.48. The summed E-state index contributed by atoms with van der Waals surface area (Å²) < 4.78 is 0. The predicted octanol–water partition coefficient (Wildman–Crippen LogP) is 2.12. The number of piperazine rings is 2. The van der Waals surface area contributed by atoms with Crippen LogP contribution in [0, 0.1) is 0 Å². The Balaban J connectivity index is 1.30. The molecule has 0 unspecified atom stereocenters. The van der Waals surface area contributed by atoms with Crippen molar-refractivity contribution in [2.75, 3.05) is 70.9 Å². The van der Waals surface area contributed by atoms with Crippen molar-refractivity contribution in [3.05, 3.63) is 59.8 Å². The van der Waals surface area contributed by atoms with E-state index in [1.54, 1.807) is 0 Å². The highest BCUT2D eigenvalue weighted by molar-refractivity contribution is 5.80. The van der Waals surface area contributed by atoms with E-state index < -0.39 is 0 Å². The molecular formula is C25H37N7. The highest BCUT2D eigenvalue weighted by Crippen LogP contribution is 2.14. The molecule has 4 rings (SSSR count). The predicted molar refractivity (Wildman–Crippen MR) is 132 cm³/mol. The Kier molecular flexibility index (Phi) is 7.96. The van der Waals surface area contributed by atoms with Crippen LogP contribution < -0.4 is 10.2 Å². The van der Waals surface area contributed by atoms with Crippen molar-refractivity contribution >= 4 is 11.8 Å². The van der Waals surface area contributed by atoms with E-state index in [4.69, 9.17) is 9.98 Å². The molecule has 0 atom stereocenters. The quantitative estimate of drug-likeness (QED) is 0.554. The van der Waals surface area contributed by atoms with Crippen molar-refractivity contribution < 1.29 is 0 Å². The minimum absolute atomic E-state index is 0.655. The third kappa shape index (κ3) is 6.20. The third-order valence-electron chi connectivity index (χ3n) is 6.30. The normalized spacial score (nSPS) is 18.8. The zero-order chi connectivity index (χ0) is 22.2. The van der Waals surface area contributed by atoms with E-state index in [1.165, 1.54) is 5.56 Å². The first-order valence-corrected chi connectivity index (χ1v) is 11.9. The standard InChI is InChI=1S/C25H37N7/c1-3-26-25(32-17-13-30(14-18-32)21-22-7-5-4-6-8-22)28-20-23-9-10-24(27-19-23)31-15-11-29(2)12-16-31/h4-10,19H,3,11-18,20-21H2,1-2H3,(H,26,28). The van der Waals surface area contributed by atoms with Gasteiger partial charge in [-0.1, -0.05) is 36.4 Å². The van der Waals surface area contributed by atoms with Crippen LogP contribution >= 0.6 is 0 Å². The van der Waals surface area contributed by atoms with E-state index >= 15 is 0 Å². The molecule has 172 valence electrons. The summed E-state index contributed by atoms with van der Waals surface area (Å²) in [5.41, 5.74) is 2.54. The molecule has 2 fully saturated rings.